The molecule has 2 N–H and O–H groups in total. The number of benzene rings is 1. The lowest BCUT2D eigenvalue weighted by Crippen LogP contribution is -2.51. The number of piperidine rings is 1. The number of hydrogen-bond acceptors (Lipinski definition) is 4. The number of halogens is 2. The van der Waals surface area contributed by atoms with E-state index in [9.17, 15) is 9.59 Å². The number of carbonyl (C=O) groups is 2. The summed E-state index contributed by atoms with van der Waals surface area (Å²) in [4.78, 5) is 26.8. The third kappa shape index (κ3) is 4.88. The first-order valence-corrected chi connectivity index (χ1v) is 9.01. The molecule has 2 amide bonds. The minimum Gasteiger partial charge on any atom is -0.368 e. The molecule has 1 fully saturated rings. The van der Waals surface area contributed by atoms with E-state index in [1.165, 1.54) is 0 Å². The summed E-state index contributed by atoms with van der Waals surface area (Å²) in [6.07, 6.45) is 1.23. The molecule has 0 radical (unpaired) electrons. The SMILES string of the molecule is CCN(CC)C(=O)c1ccc(NC(=O)C2(OC)CCNCC2)cc1Cl.Cl. The second kappa shape index (κ2) is 10.1. The van der Waals surface area contributed by atoms with Crippen LogP contribution in [0.1, 0.15) is 37.0 Å². The van der Waals surface area contributed by atoms with Crippen molar-refractivity contribution in [2.45, 2.75) is 32.3 Å². The lowest BCUT2D eigenvalue weighted by Gasteiger charge is -2.34. The Morgan fingerprint density at radius 2 is 1.88 bits per heavy atom. The van der Waals surface area contributed by atoms with Crippen LogP contribution in [0.4, 0.5) is 5.69 Å². The molecule has 0 aliphatic carbocycles. The Hall–Kier alpha value is -1.34. The zero-order valence-electron chi connectivity index (χ0n) is 15.4. The number of nitrogens with one attached hydrogen (secondary N) is 2. The molecule has 1 saturated heterocycles. The van der Waals surface area contributed by atoms with E-state index in [2.05, 4.69) is 10.6 Å². The van der Waals surface area contributed by atoms with Gasteiger partial charge >= 0.3 is 0 Å². The standard InChI is InChI=1S/C18H26ClN3O3.ClH/c1-4-22(5-2)16(23)14-7-6-13(12-15(14)19)21-17(24)18(25-3)8-10-20-11-9-18;/h6-7,12,20H,4-5,8-11H2,1-3H3,(H,21,24);1H. The van der Waals surface area contributed by atoms with Gasteiger partial charge in [-0.15, -0.1) is 12.4 Å². The van der Waals surface area contributed by atoms with E-state index < -0.39 is 5.60 Å². The van der Waals surface area contributed by atoms with Gasteiger partial charge in [0.2, 0.25) is 0 Å². The molecule has 26 heavy (non-hydrogen) atoms. The van der Waals surface area contributed by atoms with Crippen molar-refractivity contribution in [3.8, 4) is 0 Å². The molecule has 0 spiro atoms. The van der Waals surface area contributed by atoms with E-state index in [0.29, 0.717) is 42.2 Å². The third-order valence-corrected chi connectivity index (χ3v) is 5.04. The summed E-state index contributed by atoms with van der Waals surface area (Å²) in [5.74, 6) is -0.296. The number of rotatable bonds is 6. The van der Waals surface area contributed by atoms with Crippen molar-refractivity contribution in [3.05, 3.63) is 28.8 Å². The van der Waals surface area contributed by atoms with Gasteiger partial charge in [-0.05, 0) is 58.0 Å². The number of carbonyl (C=O) groups excluding carboxylic acids is 2. The topological polar surface area (TPSA) is 70.7 Å². The van der Waals surface area contributed by atoms with E-state index in [1.807, 2.05) is 13.8 Å². The maximum absolute atomic E-state index is 12.7. The summed E-state index contributed by atoms with van der Waals surface area (Å²) in [7, 11) is 1.56. The molecule has 1 aromatic rings. The Morgan fingerprint density at radius 3 is 2.38 bits per heavy atom. The Morgan fingerprint density at radius 1 is 1.27 bits per heavy atom. The second-order valence-corrected chi connectivity index (χ2v) is 6.48. The molecule has 2 rings (SSSR count). The summed E-state index contributed by atoms with van der Waals surface area (Å²) in [5.41, 5.74) is 0.167. The molecule has 6 nitrogen and oxygen atoms in total. The van der Waals surface area contributed by atoms with Gasteiger partial charge < -0.3 is 20.3 Å². The van der Waals surface area contributed by atoms with Crippen molar-refractivity contribution in [3.63, 3.8) is 0 Å². The number of ether oxygens (including phenoxy) is 1. The Balaban J connectivity index is 0.00000338. The van der Waals surface area contributed by atoms with Gasteiger partial charge in [0.15, 0.2) is 0 Å². The number of methoxy groups -OCH3 is 1. The van der Waals surface area contributed by atoms with Crippen LogP contribution in [-0.4, -0.2) is 55.6 Å². The highest BCUT2D eigenvalue weighted by Gasteiger charge is 2.39. The predicted octanol–water partition coefficient (Wildman–Crippen LogP) is 2.95. The molecular weight excluding hydrogens is 377 g/mol. The molecule has 0 aromatic heterocycles. The lowest BCUT2D eigenvalue weighted by molar-refractivity contribution is -0.140. The second-order valence-electron chi connectivity index (χ2n) is 6.07. The first-order chi connectivity index (χ1) is 12.0. The van der Waals surface area contributed by atoms with Gasteiger partial charge in [0, 0.05) is 25.9 Å². The van der Waals surface area contributed by atoms with E-state index in [4.69, 9.17) is 16.3 Å². The van der Waals surface area contributed by atoms with E-state index in [-0.39, 0.29) is 24.2 Å². The first-order valence-electron chi connectivity index (χ1n) is 8.63. The Bertz CT molecular complexity index is 630. The van der Waals surface area contributed by atoms with Crippen molar-refractivity contribution < 1.29 is 14.3 Å². The van der Waals surface area contributed by atoms with E-state index in [0.717, 1.165) is 13.1 Å². The largest absolute Gasteiger partial charge is 0.368 e. The smallest absolute Gasteiger partial charge is 0.256 e. The highest BCUT2D eigenvalue weighted by atomic mass is 35.5. The molecule has 1 heterocycles. The van der Waals surface area contributed by atoms with Crippen LogP contribution in [0.3, 0.4) is 0 Å². The molecule has 1 aliphatic heterocycles. The van der Waals surface area contributed by atoms with E-state index >= 15 is 0 Å². The van der Waals surface area contributed by atoms with Crippen molar-refractivity contribution >= 4 is 41.5 Å². The molecule has 0 atom stereocenters. The zero-order chi connectivity index (χ0) is 18.4. The van der Waals surface area contributed by atoms with Gasteiger partial charge in [0.05, 0.1) is 10.6 Å². The number of hydrogen-bond donors (Lipinski definition) is 2. The molecule has 146 valence electrons. The fourth-order valence-electron chi connectivity index (χ4n) is 3.05. The normalized spacial score (nSPS) is 15.7. The number of anilines is 1. The first kappa shape index (κ1) is 22.7. The van der Waals surface area contributed by atoms with Crippen LogP contribution in [-0.2, 0) is 9.53 Å². The monoisotopic (exact) mass is 403 g/mol. The fourth-order valence-corrected chi connectivity index (χ4v) is 3.31. The zero-order valence-corrected chi connectivity index (χ0v) is 17.0. The van der Waals surface area contributed by atoms with Crippen molar-refractivity contribution in [2.75, 3.05) is 38.6 Å². The van der Waals surface area contributed by atoms with Gasteiger partial charge in [-0.3, -0.25) is 9.59 Å². The van der Waals surface area contributed by atoms with Crippen LogP contribution in [0.15, 0.2) is 18.2 Å². The summed E-state index contributed by atoms with van der Waals surface area (Å²) in [6, 6.07) is 4.96. The average Bonchev–Trinajstić information content (AvgIpc) is 2.63. The van der Waals surface area contributed by atoms with Gasteiger partial charge in [-0.25, -0.2) is 0 Å². The van der Waals surface area contributed by atoms with Crippen molar-refractivity contribution in [1.82, 2.24) is 10.2 Å². The molecule has 1 aromatic carbocycles. The van der Waals surface area contributed by atoms with Gasteiger partial charge in [0.1, 0.15) is 5.60 Å². The van der Waals surface area contributed by atoms with Gasteiger partial charge in [0.25, 0.3) is 11.8 Å². The minimum absolute atomic E-state index is 0. The van der Waals surface area contributed by atoms with Gasteiger partial charge in [-0.2, -0.15) is 0 Å². The average molecular weight is 404 g/mol. The number of amides is 2. The van der Waals surface area contributed by atoms with Crippen LogP contribution in [0.5, 0.6) is 0 Å². The minimum atomic E-state index is -0.826. The van der Waals surface area contributed by atoms with Gasteiger partial charge in [-0.1, -0.05) is 11.6 Å². The van der Waals surface area contributed by atoms with Crippen LogP contribution >= 0.6 is 24.0 Å². The summed E-state index contributed by atoms with van der Waals surface area (Å²) < 4.78 is 5.52. The highest BCUT2D eigenvalue weighted by Crippen LogP contribution is 2.27. The van der Waals surface area contributed by atoms with Crippen molar-refractivity contribution in [1.29, 1.82) is 0 Å². The Kier molecular flexibility index (Phi) is 8.83. The summed E-state index contributed by atoms with van der Waals surface area (Å²) in [6.45, 7) is 6.56. The number of nitrogens with zero attached hydrogens (tertiary/aromatic N) is 1. The summed E-state index contributed by atoms with van der Waals surface area (Å²) >= 11 is 6.28. The van der Waals surface area contributed by atoms with Crippen LogP contribution in [0.2, 0.25) is 5.02 Å². The quantitative estimate of drug-likeness (QED) is 0.765. The fraction of sp³-hybridized carbons (Fsp3) is 0.556. The lowest BCUT2D eigenvalue weighted by atomic mass is 9.91. The highest BCUT2D eigenvalue weighted by molar-refractivity contribution is 6.34. The van der Waals surface area contributed by atoms with Crippen molar-refractivity contribution in [2.24, 2.45) is 0 Å². The molecule has 1 aliphatic rings. The molecule has 8 heteroatoms. The third-order valence-electron chi connectivity index (χ3n) is 4.72. The molecule has 0 unspecified atom stereocenters. The maximum atomic E-state index is 12.7. The van der Waals surface area contributed by atoms with Crippen LogP contribution < -0.4 is 10.6 Å². The molecular formula is C18H27Cl2N3O3. The predicted molar refractivity (Wildman–Crippen MR) is 106 cm³/mol. The Labute approximate surface area is 166 Å². The summed E-state index contributed by atoms with van der Waals surface area (Å²) in [5, 5.41) is 6.41. The molecule has 0 bridgehead atoms. The van der Waals surface area contributed by atoms with E-state index in [1.54, 1.807) is 30.2 Å². The van der Waals surface area contributed by atoms with Crippen LogP contribution in [0.25, 0.3) is 0 Å². The maximum Gasteiger partial charge on any atom is 0.256 e. The van der Waals surface area contributed by atoms with Crippen LogP contribution in [0, 0.1) is 0 Å². The molecule has 0 saturated carbocycles.